The van der Waals surface area contributed by atoms with E-state index in [4.69, 9.17) is 0 Å². The van der Waals surface area contributed by atoms with E-state index in [0.29, 0.717) is 12.4 Å². The second kappa shape index (κ2) is 4.93. The Morgan fingerprint density at radius 1 is 1.77 bits per heavy atom. The van der Waals surface area contributed by atoms with Gasteiger partial charge in [-0.1, -0.05) is 20.6 Å². The van der Waals surface area contributed by atoms with E-state index in [-0.39, 0.29) is 0 Å². The molecule has 0 radical (unpaired) electrons. The third kappa shape index (κ3) is 2.78. The maximum absolute atomic E-state index is 10.4. The van der Waals surface area contributed by atoms with Gasteiger partial charge in [0.05, 0.1) is 18.9 Å². The lowest BCUT2D eigenvalue weighted by atomic mass is 10.6. The molecule has 1 heterocycles. The van der Waals surface area contributed by atoms with Crippen LogP contribution in [0.5, 0.6) is 0 Å². The molecule has 1 aromatic rings. The highest BCUT2D eigenvalue weighted by atomic mass is 79.9. The van der Waals surface area contributed by atoms with Gasteiger partial charge in [-0.3, -0.25) is 0 Å². The lowest BCUT2D eigenvalue weighted by Gasteiger charge is -1.99. The quantitative estimate of drug-likeness (QED) is 0.355. The minimum Gasteiger partial charge on any atom is -0.309 e. The Morgan fingerprint density at radius 2 is 2.54 bits per heavy atom. The lowest BCUT2D eigenvalue weighted by molar-refractivity contribution is -0.543. The van der Waals surface area contributed by atoms with Gasteiger partial charge < -0.3 is 5.32 Å². The summed E-state index contributed by atoms with van der Waals surface area (Å²) in [5, 5.41) is 13.7. The van der Waals surface area contributed by atoms with E-state index in [0.717, 1.165) is 16.6 Å². The standard InChI is InChI=1S/C6H9BrN4O2/c7-1-2-8-5-6-9-3-4-10(6)11(12)13/h3-4,8H,1-2,5H2. The Morgan fingerprint density at radius 3 is 3.15 bits per heavy atom. The van der Waals surface area contributed by atoms with Gasteiger partial charge in [0, 0.05) is 11.9 Å². The van der Waals surface area contributed by atoms with Gasteiger partial charge in [0.1, 0.15) is 0 Å². The molecular formula is C6H9BrN4O2. The number of hydrogen-bond acceptors (Lipinski definition) is 4. The average molecular weight is 249 g/mol. The molecule has 6 nitrogen and oxygen atoms in total. The van der Waals surface area contributed by atoms with Crippen molar-refractivity contribution in [3.8, 4) is 0 Å². The summed E-state index contributed by atoms with van der Waals surface area (Å²) in [5.74, 6) is 0.408. The molecule has 0 atom stereocenters. The highest BCUT2D eigenvalue weighted by Gasteiger charge is 2.09. The monoisotopic (exact) mass is 248 g/mol. The van der Waals surface area contributed by atoms with Gasteiger partial charge in [-0.2, -0.15) is 0 Å². The van der Waals surface area contributed by atoms with E-state index >= 15 is 0 Å². The molecule has 0 spiro atoms. The highest BCUT2D eigenvalue weighted by Crippen LogP contribution is 1.95. The molecule has 13 heavy (non-hydrogen) atoms. The number of nitro groups is 1. The van der Waals surface area contributed by atoms with E-state index < -0.39 is 5.03 Å². The van der Waals surface area contributed by atoms with Gasteiger partial charge in [0.25, 0.3) is 0 Å². The van der Waals surface area contributed by atoms with Crippen LogP contribution in [0.2, 0.25) is 0 Å². The normalized spacial score (nSPS) is 10.2. The van der Waals surface area contributed by atoms with Gasteiger partial charge in [-0.15, -0.1) is 0 Å². The molecule has 1 aromatic heterocycles. The van der Waals surface area contributed by atoms with Crippen LogP contribution in [0.25, 0.3) is 0 Å². The van der Waals surface area contributed by atoms with Gasteiger partial charge in [0.2, 0.25) is 0 Å². The second-order valence-corrected chi connectivity index (χ2v) is 3.08. The summed E-state index contributed by atoms with van der Waals surface area (Å²) in [7, 11) is 0. The molecule has 0 fully saturated rings. The summed E-state index contributed by atoms with van der Waals surface area (Å²) in [6, 6.07) is 0. The Kier molecular flexibility index (Phi) is 3.84. The van der Waals surface area contributed by atoms with Crippen LogP contribution in [-0.2, 0) is 6.54 Å². The first-order chi connectivity index (χ1) is 6.25. The van der Waals surface area contributed by atoms with Crippen LogP contribution in [0.15, 0.2) is 12.4 Å². The number of rotatable bonds is 5. The van der Waals surface area contributed by atoms with Crippen molar-refractivity contribution in [2.24, 2.45) is 0 Å². The molecule has 0 aliphatic heterocycles. The number of nitrogens with one attached hydrogen (secondary N) is 1. The third-order valence-electron chi connectivity index (χ3n) is 1.43. The summed E-state index contributed by atoms with van der Waals surface area (Å²) in [4.78, 5) is 14.3. The summed E-state index contributed by atoms with van der Waals surface area (Å²) >= 11 is 3.24. The van der Waals surface area contributed by atoms with E-state index in [1.807, 2.05) is 0 Å². The summed E-state index contributed by atoms with van der Waals surface area (Å²) in [6.45, 7) is 1.16. The third-order valence-corrected chi connectivity index (χ3v) is 1.82. The van der Waals surface area contributed by atoms with Crippen molar-refractivity contribution < 1.29 is 5.03 Å². The zero-order valence-electron chi connectivity index (χ0n) is 6.81. The molecular weight excluding hydrogens is 240 g/mol. The first-order valence-corrected chi connectivity index (χ1v) is 4.81. The summed E-state index contributed by atoms with van der Waals surface area (Å²) in [5.41, 5.74) is 0. The van der Waals surface area contributed by atoms with Crippen LogP contribution in [-0.4, -0.2) is 26.6 Å². The van der Waals surface area contributed by atoms with Crippen molar-refractivity contribution in [2.75, 3.05) is 11.9 Å². The number of halogens is 1. The van der Waals surface area contributed by atoms with Crippen LogP contribution in [0.4, 0.5) is 0 Å². The van der Waals surface area contributed by atoms with Crippen LogP contribution in [0.1, 0.15) is 5.82 Å². The van der Waals surface area contributed by atoms with Crippen molar-refractivity contribution in [3.05, 3.63) is 28.3 Å². The molecule has 0 aliphatic rings. The molecule has 0 amide bonds. The zero-order chi connectivity index (χ0) is 9.68. The van der Waals surface area contributed by atoms with Crippen molar-refractivity contribution in [2.45, 2.75) is 6.54 Å². The fraction of sp³-hybridized carbons (Fsp3) is 0.500. The fourth-order valence-corrected chi connectivity index (χ4v) is 1.15. The zero-order valence-corrected chi connectivity index (χ0v) is 8.40. The lowest BCUT2D eigenvalue weighted by Crippen LogP contribution is -2.21. The average Bonchev–Trinajstić information content (AvgIpc) is 2.53. The van der Waals surface area contributed by atoms with Crippen molar-refractivity contribution in [3.63, 3.8) is 0 Å². The van der Waals surface area contributed by atoms with E-state index in [2.05, 4.69) is 26.2 Å². The first-order valence-electron chi connectivity index (χ1n) is 3.69. The number of alkyl halides is 1. The van der Waals surface area contributed by atoms with Gasteiger partial charge in [0.15, 0.2) is 10.9 Å². The van der Waals surface area contributed by atoms with E-state index in [1.165, 1.54) is 12.4 Å². The molecule has 0 saturated heterocycles. The molecule has 1 rings (SSSR count). The van der Waals surface area contributed by atoms with Crippen molar-refractivity contribution >= 4 is 15.9 Å². The topological polar surface area (TPSA) is 73.0 Å². The smallest absolute Gasteiger partial charge is 0.189 e. The van der Waals surface area contributed by atoms with Crippen LogP contribution < -0.4 is 5.32 Å². The maximum atomic E-state index is 10.4. The van der Waals surface area contributed by atoms with Crippen molar-refractivity contribution in [1.82, 2.24) is 15.0 Å². The SMILES string of the molecule is O=[N+]([O-])n1ccnc1CNCCBr. The minimum absolute atomic E-state index is 0.402. The van der Waals surface area contributed by atoms with E-state index in [9.17, 15) is 10.1 Å². The summed E-state index contributed by atoms with van der Waals surface area (Å²) < 4.78 is 0.904. The number of imidazole rings is 1. The molecule has 0 aromatic carbocycles. The molecule has 0 aliphatic carbocycles. The molecule has 1 N–H and O–H groups in total. The van der Waals surface area contributed by atoms with Gasteiger partial charge in [-0.05, 0) is 0 Å². The number of aromatic nitrogens is 2. The predicted octanol–water partition coefficient (Wildman–Crippen LogP) is 0.407. The highest BCUT2D eigenvalue weighted by molar-refractivity contribution is 9.09. The molecule has 0 bridgehead atoms. The molecule has 72 valence electrons. The maximum Gasteiger partial charge on any atom is 0.189 e. The number of nitrogens with zero attached hydrogens (tertiary/aromatic N) is 3. The molecule has 0 unspecified atom stereocenters. The van der Waals surface area contributed by atoms with Gasteiger partial charge in [-0.25, -0.2) is 15.1 Å². The van der Waals surface area contributed by atoms with E-state index in [1.54, 1.807) is 0 Å². The summed E-state index contributed by atoms with van der Waals surface area (Å²) in [6.07, 6.45) is 2.74. The second-order valence-electron chi connectivity index (χ2n) is 2.29. The molecule has 7 heteroatoms. The molecule has 0 saturated carbocycles. The largest absolute Gasteiger partial charge is 0.309 e. The van der Waals surface area contributed by atoms with Crippen LogP contribution in [0, 0.1) is 10.1 Å². The fourth-order valence-electron chi connectivity index (χ4n) is 0.870. The Bertz CT molecular complexity index is 288. The minimum atomic E-state index is -0.502. The Balaban J connectivity index is 2.55. The van der Waals surface area contributed by atoms with Crippen molar-refractivity contribution in [1.29, 1.82) is 0 Å². The van der Waals surface area contributed by atoms with Crippen LogP contribution >= 0.6 is 15.9 Å². The number of hydrogen-bond donors (Lipinski definition) is 1. The van der Waals surface area contributed by atoms with Crippen LogP contribution in [0.3, 0.4) is 0 Å². The Hall–Kier alpha value is -0.950. The predicted molar refractivity (Wildman–Crippen MR) is 50.1 cm³/mol. The first kappa shape index (κ1) is 10.1. The Labute approximate surface area is 83.2 Å². The van der Waals surface area contributed by atoms with Gasteiger partial charge >= 0.3 is 0 Å².